The maximum atomic E-state index is 3.53. The number of hydrogen-bond donors (Lipinski definition) is 1. The number of hydrogen-bond acceptors (Lipinski definition) is 1. The summed E-state index contributed by atoms with van der Waals surface area (Å²) in [6.07, 6.45) is 1.26. The minimum absolute atomic E-state index is 0.670. The minimum Gasteiger partial charge on any atom is -0.314 e. The van der Waals surface area contributed by atoms with Crippen molar-refractivity contribution in [2.45, 2.75) is 32.2 Å². The predicted octanol–water partition coefficient (Wildman–Crippen LogP) is 3.22. The predicted molar refractivity (Wildman–Crippen MR) is 63.7 cm³/mol. The van der Waals surface area contributed by atoms with Crippen LogP contribution in [0.2, 0.25) is 0 Å². The maximum Gasteiger partial charge on any atom is 0.0204 e. The normalized spacial score (nSPS) is 26.8. The van der Waals surface area contributed by atoms with E-state index in [9.17, 15) is 0 Å². The number of rotatable bonds is 1. The summed E-state index contributed by atoms with van der Waals surface area (Å²) in [7, 11) is 0. The lowest BCUT2D eigenvalue weighted by molar-refractivity contribution is 0.658. The molecule has 1 aromatic carbocycles. The van der Waals surface area contributed by atoms with Crippen molar-refractivity contribution in [3.63, 3.8) is 0 Å². The Morgan fingerprint density at radius 3 is 2.79 bits per heavy atom. The molecular weight excluding hydrogens is 238 g/mol. The molecule has 0 aromatic heterocycles. The standard InChI is InChI=1S/C12H16BrN/c1-8-5-10(3-4-12(8)13)11-6-9(2)14-7-11/h3-5,9,11,14H,6-7H2,1-2H3. The Balaban J connectivity index is 2.20. The van der Waals surface area contributed by atoms with Crippen LogP contribution in [0.25, 0.3) is 0 Å². The molecule has 2 atom stereocenters. The van der Waals surface area contributed by atoms with E-state index in [1.54, 1.807) is 0 Å². The zero-order valence-corrected chi connectivity index (χ0v) is 10.3. The van der Waals surface area contributed by atoms with Crippen LogP contribution in [0.3, 0.4) is 0 Å². The highest BCUT2D eigenvalue weighted by Gasteiger charge is 2.21. The Labute approximate surface area is 94.0 Å². The van der Waals surface area contributed by atoms with Crippen LogP contribution in [0.1, 0.15) is 30.4 Å². The highest BCUT2D eigenvalue weighted by atomic mass is 79.9. The Hall–Kier alpha value is -0.340. The van der Waals surface area contributed by atoms with Gasteiger partial charge in [-0.15, -0.1) is 0 Å². The molecule has 1 N–H and O–H groups in total. The van der Waals surface area contributed by atoms with Crippen molar-refractivity contribution in [1.82, 2.24) is 5.32 Å². The van der Waals surface area contributed by atoms with E-state index < -0.39 is 0 Å². The van der Waals surface area contributed by atoms with E-state index in [2.05, 4.69) is 53.3 Å². The molecule has 1 aliphatic heterocycles. The van der Waals surface area contributed by atoms with Gasteiger partial charge in [-0.25, -0.2) is 0 Å². The highest BCUT2D eigenvalue weighted by Crippen LogP contribution is 2.28. The molecule has 2 rings (SSSR count). The van der Waals surface area contributed by atoms with E-state index in [0.29, 0.717) is 12.0 Å². The lowest BCUT2D eigenvalue weighted by Crippen LogP contribution is -2.16. The molecule has 0 radical (unpaired) electrons. The van der Waals surface area contributed by atoms with Gasteiger partial charge < -0.3 is 5.32 Å². The fourth-order valence-electron chi connectivity index (χ4n) is 2.11. The lowest BCUT2D eigenvalue weighted by atomic mass is 9.95. The van der Waals surface area contributed by atoms with Gasteiger partial charge in [0.1, 0.15) is 0 Å². The molecule has 0 spiro atoms. The second kappa shape index (κ2) is 4.03. The van der Waals surface area contributed by atoms with Gasteiger partial charge in [-0.2, -0.15) is 0 Å². The van der Waals surface area contributed by atoms with Crippen molar-refractivity contribution in [3.8, 4) is 0 Å². The molecule has 0 aliphatic carbocycles. The van der Waals surface area contributed by atoms with E-state index in [-0.39, 0.29) is 0 Å². The first-order valence-corrected chi connectivity index (χ1v) is 5.95. The third-order valence-corrected chi connectivity index (χ3v) is 3.89. The van der Waals surface area contributed by atoms with E-state index in [1.165, 1.54) is 22.0 Å². The monoisotopic (exact) mass is 253 g/mol. The average molecular weight is 254 g/mol. The molecular formula is C12H16BrN. The van der Waals surface area contributed by atoms with Crippen LogP contribution < -0.4 is 5.32 Å². The van der Waals surface area contributed by atoms with Gasteiger partial charge in [-0.3, -0.25) is 0 Å². The first kappa shape index (κ1) is 10.2. The Kier molecular flexibility index (Phi) is 2.93. The molecule has 1 aromatic rings. The number of halogens is 1. The Morgan fingerprint density at radius 2 is 2.21 bits per heavy atom. The second-order valence-corrected chi connectivity index (χ2v) is 5.10. The van der Waals surface area contributed by atoms with Crippen LogP contribution in [0.5, 0.6) is 0 Å². The van der Waals surface area contributed by atoms with Crippen LogP contribution in [0.4, 0.5) is 0 Å². The van der Waals surface area contributed by atoms with Gasteiger partial charge in [0.2, 0.25) is 0 Å². The first-order chi connectivity index (χ1) is 6.66. The van der Waals surface area contributed by atoms with Crippen molar-refractivity contribution in [2.24, 2.45) is 0 Å². The molecule has 1 fully saturated rings. The smallest absolute Gasteiger partial charge is 0.0204 e. The average Bonchev–Trinajstić information content (AvgIpc) is 2.57. The van der Waals surface area contributed by atoms with Gasteiger partial charge in [0, 0.05) is 17.1 Å². The van der Waals surface area contributed by atoms with Gasteiger partial charge in [-0.1, -0.05) is 28.1 Å². The van der Waals surface area contributed by atoms with Gasteiger partial charge in [0.15, 0.2) is 0 Å². The molecule has 14 heavy (non-hydrogen) atoms. The summed E-state index contributed by atoms with van der Waals surface area (Å²) in [5, 5.41) is 3.49. The summed E-state index contributed by atoms with van der Waals surface area (Å²) in [5.41, 5.74) is 2.81. The second-order valence-electron chi connectivity index (χ2n) is 4.25. The van der Waals surface area contributed by atoms with E-state index in [1.807, 2.05) is 0 Å². The van der Waals surface area contributed by atoms with Gasteiger partial charge in [-0.05, 0) is 43.4 Å². The van der Waals surface area contributed by atoms with Gasteiger partial charge >= 0.3 is 0 Å². The molecule has 1 aliphatic rings. The Morgan fingerprint density at radius 1 is 1.43 bits per heavy atom. The highest BCUT2D eigenvalue weighted by molar-refractivity contribution is 9.10. The number of aryl methyl sites for hydroxylation is 1. The van der Waals surface area contributed by atoms with Crippen molar-refractivity contribution < 1.29 is 0 Å². The number of nitrogens with one attached hydrogen (secondary N) is 1. The largest absolute Gasteiger partial charge is 0.314 e. The van der Waals surface area contributed by atoms with Crippen molar-refractivity contribution >= 4 is 15.9 Å². The summed E-state index contributed by atoms with van der Waals surface area (Å²) in [4.78, 5) is 0. The van der Waals surface area contributed by atoms with Crippen LogP contribution in [-0.2, 0) is 0 Å². The van der Waals surface area contributed by atoms with Crippen LogP contribution in [-0.4, -0.2) is 12.6 Å². The summed E-state index contributed by atoms with van der Waals surface area (Å²) in [6.45, 7) is 5.54. The van der Waals surface area contributed by atoms with E-state index in [4.69, 9.17) is 0 Å². The molecule has 1 nitrogen and oxygen atoms in total. The lowest BCUT2D eigenvalue weighted by Gasteiger charge is -2.10. The summed E-state index contributed by atoms with van der Waals surface area (Å²) >= 11 is 3.53. The van der Waals surface area contributed by atoms with Crippen LogP contribution in [0.15, 0.2) is 22.7 Å². The molecule has 2 heteroatoms. The van der Waals surface area contributed by atoms with Crippen LogP contribution >= 0.6 is 15.9 Å². The summed E-state index contributed by atoms with van der Waals surface area (Å²) in [5.74, 6) is 0.705. The van der Waals surface area contributed by atoms with Crippen molar-refractivity contribution in [3.05, 3.63) is 33.8 Å². The first-order valence-electron chi connectivity index (χ1n) is 5.16. The maximum absolute atomic E-state index is 3.53. The van der Waals surface area contributed by atoms with Gasteiger partial charge in [0.05, 0.1) is 0 Å². The third kappa shape index (κ3) is 2.01. The molecule has 0 bridgehead atoms. The molecule has 1 saturated heterocycles. The topological polar surface area (TPSA) is 12.0 Å². The fraction of sp³-hybridized carbons (Fsp3) is 0.500. The summed E-state index contributed by atoms with van der Waals surface area (Å²) in [6, 6.07) is 7.37. The van der Waals surface area contributed by atoms with Crippen LogP contribution in [0, 0.1) is 6.92 Å². The third-order valence-electron chi connectivity index (χ3n) is 3.00. The fourth-order valence-corrected chi connectivity index (χ4v) is 2.36. The summed E-state index contributed by atoms with van der Waals surface area (Å²) < 4.78 is 1.21. The Bertz CT molecular complexity index is 335. The molecule has 1 heterocycles. The SMILES string of the molecule is Cc1cc(C2CNC(C)C2)ccc1Br. The van der Waals surface area contributed by atoms with Gasteiger partial charge in [0.25, 0.3) is 0 Å². The van der Waals surface area contributed by atoms with Crippen molar-refractivity contribution in [2.75, 3.05) is 6.54 Å². The zero-order valence-electron chi connectivity index (χ0n) is 8.68. The molecule has 2 unspecified atom stereocenters. The molecule has 76 valence electrons. The number of benzene rings is 1. The quantitative estimate of drug-likeness (QED) is 0.811. The van der Waals surface area contributed by atoms with E-state index in [0.717, 1.165) is 6.54 Å². The minimum atomic E-state index is 0.670. The molecule has 0 amide bonds. The zero-order chi connectivity index (χ0) is 10.1. The molecule has 0 saturated carbocycles. The van der Waals surface area contributed by atoms with E-state index >= 15 is 0 Å². The van der Waals surface area contributed by atoms with Crippen molar-refractivity contribution in [1.29, 1.82) is 0 Å².